The molecule has 2 aromatic rings. The Balaban J connectivity index is 2.13. The van der Waals surface area contributed by atoms with Gasteiger partial charge in [-0.1, -0.05) is 12.0 Å². The van der Waals surface area contributed by atoms with Gasteiger partial charge in [0.2, 0.25) is 0 Å². The number of aromatic nitrogens is 1. The summed E-state index contributed by atoms with van der Waals surface area (Å²) >= 11 is 8.12. The molecule has 7 heteroatoms. The normalized spacial score (nSPS) is 9.86. The average Bonchev–Trinajstić information content (AvgIpc) is 2.78. The summed E-state index contributed by atoms with van der Waals surface area (Å²) < 4.78 is 1.63. The zero-order valence-electron chi connectivity index (χ0n) is 10.7. The third-order valence-electron chi connectivity index (χ3n) is 2.35. The van der Waals surface area contributed by atoms with E-state index in [1.165, 1.54) is 11.3 Å². The van der Waals surface area contributed by atoms with Crippen molar-refractivity contribution in [2.45, 2.75) is 6.42 Å². The van der Waals surface area contributed by atoms with E-state index in [9.17, 15) is 4.79 Å². The molecule has 2 rings (SSSR count). The highest BCUT2D eigenvalue weighted by Crippen LogP contribution is 2.32. The summed E-state index contributed by atoms with van der Waals surface area (Å²) in [5.74, 6) is 5.81. The molecule has 0 aromatic carbocycles. The average molecular weight is 430 g/mol. The molecule has 0 radical (unpaired) electrons. The Morgan fingerprint density at radius 2 is 2.24 bits per heavy atom. The Labute approximate surface area is 142 Å². The molecule has 1 amide bonds. The summed E-state index contributed by atoms with van der Waals surface area (Å²) in [5, 5.41) is 11.4. The predicted molar refractivity (Wildman–Crippen MR) is 90.5 cm³/mol. The number of amides is 1. The van der Waals surface area contributed by atoms with Gasteiger partial charge in [-0.15, -0.1) is 11.3 Å². The number of aliphatic hydroxyl groups is 1. The van der Waals surface area contributed by atoms with E-state index in [0.29, 0.717) is 23.5 Å². The third-order valence-corrected chi connectivity index (χ3v) is 4.68. The SMILES string of the molecule is O=C(Nc1cccc(C#CCCO)n1)c1cc(Br)sc1Br. The van der Waals surface area contributed by atoms with E-state index in [1.807, 2.05) is 0 Å². The number of nitrogens with zero attached hydrogens (tertiary/aromatic N) is 1. The fraction of sp³-hybridized carbons (Fsp3) is 0.143. The number of thiophene rings is 1. The van der Waals surface area contributed by atoms with Crippen molar-refractivity contribution in [3.63, 3.8) is 0 Å². The molecule has 0 unspecified atom stereocenters. The maximum absolute atomic E-state index is 12.2. The van der Waals surface area contributed by atoms with Crippen LogP contribution in [-0.2, 0) is 0 Å². The second-order valence-corrected chi connectivity index (χ2v) is 7.62. The molecule has 0 spiro atoms. The lowest BCUT2D eigenvalue weighted by Gasteiger charge is -2.03. The molecule has 0 aliphatic rings. The zero-order chi connectivity index (χ0) is 15.2. The summed E-state index contributed by atoms with van der Waals surface area (Å²) in [7, 11) is 0. The second kappa shape index (κ2) is 7.71. The summed E-state index contributed by atoms with van der Waals surface area (Å²) in [6.45, 7) is 0.0183. The van der Waals surface area contributed by atoms with Crippen molar-refractivity contribution in [1.82, 2.24) is 4.98 Å². The first kappa shape index (κ1) is 16.2. The molecule has 0 fully saturated rings. The lowest BCUT2D eigenvalue weighted by Crippen LogP contribution is -2.12. The molecule has 21 heavy (non-hydrogen) atoms. The number of halogens is 2. The zero-order valence-corrected chi connectivity index (χ0v) is 14.7. The van der Waals surface area contributed by atoms with Gasteiger partial charge in [0, 0.05) is 6.42 Å². The van der Waals surface area contributed by atoms with Gasteiger partial charge in [-0.2, -0.15) is 0 Å². The third kappa shape index (κ3) is 4.64. The molecule has 0 saturated heterocycles. The fourth-order valence-corrected chi connectivity index (χ4v) is 4.26. The van der Waals surface area contributed by atoms with Crippen LogP contribution in [0.4, 0.5) is 5.82 Å². The van der Waals surface area contributed by atoms with Crippen molar-refractivity contribution >= 4 is 54.9 Å². The number of aliphatic hydroxyl groups excluding tert-OH is 1. The van der Waals surface area contributed by atoms with Gasteiger partial charge in [0.25, 0.3) is 5.91 Å². The minimum Gasteiger partial charge on any atom is -0.395 e. The quantitative estimate of drug-likeness (QED) is 0.732. The first-order chi connectivity index (χ1) is 10.1. The first-order valence-electron chi connectivity index (χ1n) is 5.93. The van der Waals surface area contributed by atoms with E-state index < -0.39 is 0 Å². The van der Waals surface area contributed by atoms with Crippen molar-refractivity contribution in [2.75, 3.05) is 11.9 Å². The highest BCUT2D eigenvalue weighted by Gasteiger charge is 2.14. The van der Waals surface area contributed by atoms with Crippen LogP contribution in [-0.4, -0.2) is 22.6 Å². The summed E-state index contributed by atoms with van der Waals surface area (Å²) in [6.07, 6.45) is 0.397. The minimum absolute atomic E-state index is 0.0183. The van der Waals surface area contributed by atoms with Crippen LogP contribution < -0.4 is 5.32 Å². The van der Waals surface area contributed by atoms with Crippen LogP contribution in [0.1, 0.15) is 22.5 Å². The van der Waals surface area contributed by atoms with Crippen LogP contribution in [0.5, 0.6) is 0 Å². The maximum atomic E-state index is 12.2. The topological polar surface area (TPSA) is 62.2 Å². The van der Waals surface area contributed by atoms with E-state index in [-0.39, 0.29) is 12.5 Å². The largest absolute Gasteiger partial charge is 0.395 e. The Bertz CT molecular complexity index is 719. The van der Waals surface area contributed by atoms with Gasteiger partial charge in [-0.25, -0.2) is 4.98 Å². The van der Waals surface area contributed by atoms with Crippen molar-refractivity contribution in [2.24, 2.45) is 0 Å². The Morgan fingerprint density at radius 3 is 2.90 bits per heavy atom. The van der Waals surface area contributed by atoms with Crippen LogP contribution in [0.25, 0.3) is 0 Å². The predicted octanol–water partition coefficient (Wildman–Crippen LogP) is 3.65. The van der Waals surface area contributed by atoms with Gasteiger partial charge >= 0.3 is 0 Å². The van der Waals surface area contributed by atoms with Crippen LogP contribution in [0.3, 0.4) is 0 Å². The minimum atomic E-state index is -0.239. The van der Waals surface area contributed by atoms with Gasteiger partial charge in [0.1, 0.15) is 11.5 Å². The Morgan fingerprint density at radius 1 is 1.43 bits per heavy atom. The number of pyridine rings is 1. The number of anilines is 1. The molecular formula is C14H10Br2N2O2S. The fourth-order valence-electron chi connectivity index (χ4n) is 1.46. The Kier molecular flexibility index (Phi) is 5.94. The number of hydrogen-bond donors (Lipinski definition) is 2. The maximum Gasteiger partial charge on any atom is 0.258 e. The van der Waals surface area contributed by atoms with Crippen molar-refractivity contribution in [3.05, 3.63) is 43.1 Å². The number of hydrogen-bond acceptors (Lipinski definition) is 4. The molecule has 0 aliphatic carbocycles. The number of nitrogens with one attached hydrogen (secondary N) is 1. The standard InChI is InChI=1S/C14H10Br2N2O2S/c15-11-8-10(13(16)21-11)14(20)18-12-6-3-5-9(17-12)4-1-2-7-19/h3,5-6,8,19H,2,7H2,(H,17,18,20). The number of carbonyl (C=O) groups excluding carboxylic acids is 1. The summed E-state index contributed by atoms with van der Waals surface area (Å²) in [5.41, 5.74) is 1.09. The van der Waals surface area contributed by atoms with Gasteiger partial charge in [0.15, 0.2) is 0 Å². The van der Waals surface area contributed by atoms with Crippen LogP contribution in [0.15, 0.2) is 31.8 Å². The number of carbonyl (C=O) groups is 1. The molecule has 4 nitrogen and oxygen atoms in total. The van der Waals surface area contributed by atoms with Crippen LogP contribution in [0, 0.1) is 11.8 Å². The monoisotopic (exact) mass is 428 g/mol. The van der Waals surface area contributed by atoms with Gasteiger partial charge in [-0.3, -0.25) is 4.79 Å². The van der Waals surface area contributed by atoms with Gasteiger partial charge < -0.3 is 10.4 Å². The van der Waals surface area contributed by atoms with E-state index >= 15 is 0 Å². The second-order valence-electron chi connectivity index (χ2n) is 3.88. The Hall–Kier alpha value is -1.20. The van der Waals surface area contributed by atoms with E-state index in [2.05, 4.69) is 54.0 Å². The van der Waals surface area contributed by atoms with Crippen molar-refractivity contribution in [1.29, 1.82) is 0 Å². The molecule has 2 aromatic heterocycles. The lowest BCUT2D eigenvalue weighted by molar-refractivity contribution is 0.102. The van der Waals surface area contributed by atoms with Crippen molar-refractivity contribution in [3.8, 4) is 11.8 Å². The highest BCUT2D eigenvalue weighted by atomic mass is 79.9. The highest BCUT2D eigenvalue weighted by molar-refractivity contribution is 9.12. The molecule has 0 atom stereocenters. The van der Waals surface area contributed by atoms with Crippen LogP contribution >= 0.6 is 43.2 Å². The summed E-state index contributed by atoms with van der Waals surface area (Å²) in [6, 6.07) is 6.96. The number of rotatable bonds is 3. The lowest BCUT2D eigenvalue weighted by atomic mass is 10.3. The van der Waals surface area contributed by atoms with E-state index in [0.717, 1.165) is 7.57 Å². The smallest absolute Gasteiger partial charge is 0.258 e. The molecule has 2 heterocycles. The van der Waals surface area contributed by atoms with Gasteiger partial charge in [0.05, 0.1) is 19.7 Å². The molecule has 2 N–H and O–H groups in total. The molecular weight excluding hydrogens is 420 g/mol. The van der Waals surface area contributed by atoms with Crippen LogP contribution in [0.2, 0.25) is 0 Å². The van der Waals surface area contributed by atoms with Crippen molar-refractivity contribution < 1.29 is 9.90 Å². The molecule has 0 bridgehead atoms. The molecule has 0 saturated carbocycles. The molecule has 0 aliphatic heterocycles. The first-order valence-corrected chi connectivity index (χ1v) is 8.33. The molecule has 108 valence electrons. The van der Waals surface area contributed by atoms with Gasteiger partial charge in [-0.05, 0) is 56.0 Å². The summed E-state index contributed by atoms with van der Waals surface area (Å²) in [4.78, 5) is 16.4. The van der Waals surface area contributed by atoms with E-state index in [4.69, 9.17) is 5.11 Å². The van der Waals surface area contributed by atoms with E-state index in [1.54, 1.807) is 24.3 Å².